The maximum atomic E-state index is 5.75. The number of hydrogen-bond acceptors (Lipinski definition) is 3. The van der Waals surface area contributed by atoms with Gasteiger partial charge in [0.2, 0.25) is 0 Å². The van der Waals surface area contributed by atoms with Crippen LogP contribution in [0.15, 0.2) is 48.8 Å². The van der Waals surface area contributed by atoms with E-state index in [2.05, 4.69) is 28.5 Å². The molecule has 92 valence electrons. The van der Waals surface area contributed by atoms with Crippen LogP contribution in [0.2, 0.25) is 0 Å². The fraction of sp³-hybridized carbons (Fsp3) is 0.267. The fourth-order valence-corrected chi connectivity index (χ4v) is 2.22. The van der Waals surface area contributed by atoms with Gasteiger partial charge in [-0.3, -0.25) is 4.98 Å². The molecule has 0 bridgehead atoms. The van der Waals surface area contributed by atoms with Gasteiger partial charge in [-0.1, -0.05) is 24.3 Å². The van der Waals surface area contributed by atoms with Crippen molar-refractivity contribution in [1.82, 2.24) is 10.3 Å². The molecule has 1 atom stereocenters. The lowest BCUT2D eigenvalue weighted by Gasteiger charge is -2.26. The van der Waals surface area contributed by atoms with Gasteiger partial charge in [0.1, 0.15) is 12.4 Å². The van der Waals surface area contributed by atoms with E-state index < -0.39 is 0 Å². The number of benzene rings is 1. The summed E-state index contributed by atoms with van der Waals surface area (Å²) in [5.74, 6) is 1.02. The minimum atomic E-state index is 0.375. The molecule has 1 aromatic carbocycles. The first-order valence-corrected chi connectivity index (χ1v) is 6.25. The first-order valence-electron chi connectivity index (χ1n) is 6.25. The average molecular weight is 240 g/mol. The highest BCUT2D eigenvalue weighted by Gasteiger charge is 2.18. The van der Waals surface area contributed by atoms with E-state index in [0.717, 1.165) is 25.3 Å². The molecule has 0 spiro atoms. The molecule has 1 aromatic heterocycles. The van der Waals surface area contributed by atoms with Gasteiger partial charge < -0.3 is 10.1 Å². The zero-order valence-electron chi connectivity index (χ0n) is 10.2. The largest absolute Gasteiger partial charge is 0.492 e. The van der Waals surface area contributed by atoms with Crippen LogP contribution < -0.4 is 10.1 Å². The Hall–Kier alpha value is -1.87. The van der Waals surface area contributed by atoms with Gasteiger partial charge in [-0.05, 0) is 29.7 Å². The molecule has 3 heteroatoms. The smallest absolute Gasteiger partial charge is 0.122 e. The monoisotopic (exact) mass is 240 g/mol. The van der Waals surface area contributed by atoms with Crippen LogP contribution in [-0.2, 0) is 13.0 Å². The second-order valence-corrected chi connectivity index (χ2v) is 4.56. The molecule has 1 aliphatic rings. The van der Waals surface area contributed by atoms with Gasteiger partial charge >= 0.3 is 0 Å². The summed E-state index contributed by atoms with van der Waals surface area (Å²) < 4.78 is 5.75. The summed E-state index contributed by atoms with van der Waals surface area (Å²) in [6.07, 6.45) is 4.71. The van der Waals surface area contributed by atoms with Crippen molar-refractivity contribution < 1.29 is 4.74 Å². The van der Waals surface area contributed by atoms with Crippen molar-refractivity contribution in [3.8, 4) is 5.75 Å². The number of aromatic nitrogens is 1. The van der Waals surface area contributed by atoms with Crippen molar-refractivity contribution in [3.63, 3.8) is 0 Å². The van der Waals surface area contributed by atoms with Gasteiger partial charge in [-0.15, -0.1) is 0 Å². The van der Waals surface area contributed by atoms with Crippen molar-refractivity contribution in [2.45, 2.75) is 19.0 Å². The Morgan fingerprint density at radius 3 is 3.06 bits per heavy atom. The van der Waals surface area contributed by atoms with Crippen LogP contribution >= 0.6 is 0 Å². The highest BCUT2D eigenvalue weighted by Crippen LogP contribution is 2.23. The van der Waals surface area contributed by atoms with Crippen LogP contribution in [0.1, 0.15) is 11.1 Å². The Balaban J connectivity index is 1.60. The van der Waals surface area contributed by atoms with Crippen molar-refractivity contribution in [1.29, 1.82) is 0 Å². The second-order valence-electron chi connectivity index (χ2n) is 4.56. The zero-order valence-corrected chi connectivity index (χ0v) is 10.2. The number of rotatable bonds is 3. The molecule has 0 saturated carbocycles. The van der Waals surface area contributed by atoms with Gasteiger partial charge in [-0.2, -0.15) is 0 Å². The molecule has 2 aromatic rings. The number of hydrogen-bond donors (Lipinski definition) is 1. The minimum Gasteiger partial charge on any atom is -0.492 e. The lowest BCUT2D eigenvalue weighted by atomic mass is 10.0. The Morgan fingerprint density at radius 1 is 1.22 bits per heavy atom. The molecule has 2 heterocycles. The minimum absolute atomic E-state index is 0.375. The van der Waals surface area contributed by atoms with E-state index in [1.807, 2.05) is 24.4 Å². The predicted octanol–water partition coefficient (Wildman–Crippen LogP) is 2.17. The summed E-state index contributed by atoms with van der Waals surface area (Å²) in [5, 5.41) is 3.51. The van der Waals surface area contributed by atoms with Crippen LogP contribution in [0.25, 0.3) is 0 Å². The lowest BCUT2D eigenvalue weighted by Crippen LogP contribution is -2.38. The van der Waals surface area contributed by atoms with Crippen LogP contribution in [-0.4, -0.2) is 17.6 Å². The molecule has 0 fully saturated rings. The molecule has 0 amide bonds. The molecule has 3 nitrogen and oxygen atoms in total. The molecule has 0 aliphatic carbocycles. The van der Waals surface area contributed by atoms with E-state index in [9.17, 15) is 0 Å². The first-order chi connectivity index (χ1) is 8.92. The van der Waals surface area contributed by atoms with Crippen LogP contribution in [0.3, 0.4) is 0 Å². The van der Waals surface area contributed by atoms with E-state index in [0.29, 0.717) is 6.04 Å². The third-order valence-corrected chi connectivity index (χ3v) is 3.20. The SMILES string of the molecule is c1cncc(CN[C@@H]2COc3ccccc3C2)c1. The topological polar surface area (TPSA) is 34.2 Å². The highest BCUT2D eigenvalue weighted by molar-refractivity contribution is 5.35. The van der Waals surface area contributed by atoms with E-state index in [1.165, 1.54) is 11.1 Å². The molecule has 1 aliphatic heterocycles. The summed E-state index contributed by atoms with van der Waals surface area (Å²) >= 11 is 0. The van der Waals surface area contributed by atoms with Crippen molar-refractivity contribution in [2.75, 3.05) is 6.61 Å². The summed E-state index contributed by atoms with van der Waals surface area (Å²) in [4.78, 5) is 4.11. The quantitative estimate of drug-likeness (QED) is 0.893. The first kappa shape index (κ1) is 11.2. The molecular formula is C15H16N2O. The van der Waals surface area contributed by atoms with E-state index in [-0.39, 0.29) is 0 Å². The Kier molecular flexibility index (Phi) is 3.24. The van der Waals surface area contributed by atoms with Gasteiger partial charge in [-0.25, -0.2) is 0 Å². The molecule has 0 saturated heterocycles. The summed E-state index contributed by atoms with van der Waals surface area (Å²) in [5.41, 5.74) is 2.49. The zero-order chi connectivity index (χ0) is 12.2. The van der Waals surface area contributed by atoms with Gasteiger partial charge in [0, 0.05) is 25.0 Å². The third kappa shape index (κ3) is 2.51. The molecule has 3 rings (SSSR count). The maximum Gasteiger partial charge on any atom is 0.122 e. The van der Waals surface area contributed by atoms with Gasteiger partial charge in [0.25, 0.3) is 0 Å². The second kappa shape index (κ2) is 5.19. The van der Waals surface area contributed by atoms with Gasteiger partial charge in [0.05, 0.1) is 0 Å². The van der Waals surface area contributed by atoms with E-state index >= 15 is 0 Å². The van der Waals surface area contributed by atoms with Crippen molar-refractivity contribution >= 4 is 0 Å². The molecule has 1 N–H and O–H groups in total. The fourth-order valence-electron chi connectivity index (χ4n) is 2.22. The average Bonchev–Trinajstić information content (AvgIpc) is 2.46. The van der Waals surface area contributed by atoms with Crippen LogP contribution in [0, 0.1) is 0 Å². The molecule has 0 unspecified atom stereocenters. The Morgan fingerprint density at radius 2 is 2.17 bits per heavy atom. The van der Waals surface area contributed by atoms with Crippen molar-refractivity contribution in [2.24, 2.45) is 0 Å². The highest BCUT2D eigenvalue weighted by atomic mass is 16.5. The maximum absolute atomic E-state index is 5.75. The van der Waals surface area contributed by atoms with Crippen molar-refractivity contribution in [3.05, 3.63) is 59.9 Å². The molecule has 18 heavy (non-hydrogen) atoms. The number of pyridine rings is 1. The van der Waals surface area contributed by atoms with Crippen LogP contribution in [0.4, 0.5) is 0 Å². The number of nitrogens with one attached hydrogen (secondary N) is 1. The third-order valence-electron chi connectivity index (χ3n) is 3.20. The predicted molar refractivity (Wildman–Crippen MR) is 70.5 cm³/mol. The lowest BCUT2D eigenvalue weighted by molar-refractivity contribution is 0.238. The standard InChI is InChI=1S/C15H16N2O/c1-2-6-15-13(5-1)8-14(11-18-15)17-10-12-4-3-7-16-9-12/h1-7,9,14,17H,8,10-11H2/t14-/m0/s1. The summed E-state index contributed by atoms with van der Waals surface area (Å²) in [6.45, 7) is 1.57. The van der Waals surface area contributed by atoms with E-state index in [4.69, 9.17) is 4.74 Å². The molecular weight excluding hydrogens is 224 g/mol. The number of para-hydroxylation sites is 1. The number of nitrogens with zero attached hydrogens (tertiary/aromatic N) is 1. The molecule has 0 radical (unpaired) electrons. The number of ether oxygens (including phenoxy) is 1. The number of fused-ring (bicyclic) bond motifs is 1. The summed E-state index contributed by atoms with van der Waals surface area (Å²) in [7, 11) is 0. The summed E-state index contributed by atoms with van der Waals surface area (Å²) in [6, 6.07) is 12.7. The van der Waals surface area contributed by atoms with E-state index in [1.54, 1.807) is 6.20 Å². The Bertz CT molecular complexity index is 513. The van der Waals surface area contributed by atoms with Gasteiger partial charge in [0.15, 0.2) is 0 Å². The Labute approximate surface area is 107 Å². The van der Waals surface area contributed by atoms with Crippen LogP contribution in [0.5, 0.6) is 5.75 Å². The normalized spacial score (nSPS) is 17.9.